The van der Waals surface area contributed by atoms with E-state index in [0.29, 0.717) is 0 Å². The monoisotopic (exact) mass is 522 g/mol. The van der Waals surface area contributed by atoms with Gasteiger partial charge in [0.15, 0.2) is 16.5 Å². The number of fused-ring (bicyclic) bond motifs is 1. The summed E-state index contributed by atoms with van der Waals surface area (Å²) in [5.74, 6) is 0. The van der Waals surface area contributed by atoms with Gasteiger partial charge in [0.2, 0.25) is 0 Å². The highest BCUT2D eigenvalue weighted by molar-refractivity contribution is 6.99. The van der Waals surface area contributed by atoms with Crippen molar-refractivity contribution in [1.29, 1.82) is 0 Å². The van der Waals surface area contributed by atoms with Crippen molar-refractivity contribution in [2.75, 3.05) is 9.96 Å². The van der Waals surface area contributed by atoms with E-state index >= 15 is 0 Å². The molecule has 0 radical (unpaired) electrons. The van der Waals surface area contributed by atoms with E-state index in [1.165, 1.54) is 34.1 Å². The molecule has 0 saturated carbocycles. The van der Waals surface area contributed by atoms with Crippen molar-refractivity contribution in [1.82, 2.24) is 0 Å². The molecule has 1 heterocycles. The molecule has 0 fully saturated rings. The fourth-order valence-corrected chi connectivity index (χ4v) is 19.9. The summed E-state index contributed by atoms with van der Waals surface area (Å²) in [5.41, 5.74) is 8.40. The Morgan fingerprint density at radius 1 is 0.722 bits per heavy atom. The van der Waals surface area contributed by atoms with Gasteiger partial charge in [-0.15, -0.1) is 0 Å². The quantitative estimate of drug-likeness (QED) is 0.392. The van der Waals surface area contributed by atoms with Crippen molar-refractivity contribution in [3.8, 4) is 0 Å². The number of para-hydroxylation sites is 1. The third-order valence-corrected chi connectivity index (χ3v) is 22.2. The highest BCUT2D eigenvalue weighted by Gasteiger charge is 2.59. The Morgan fingerprint density at radius 2 is 1.19 bits per heavy atom. The highest BCUT2D eigenvalue weighted by atomic mass is 28.3. The van der Waals surface area contributed by atoms with Crippen LogP contribution in [0.15, 0.2) is 30.3 Å². The third kappa shape index (κ3) is 4.40. The maximum Gasteiger partial charge on any atom is 0.196 e. The van der Waals surface area contributed by atoms with Gasteiger partial charge >= 0.3 is 0 Å². The number of hydrogen-bond donors (Lipinski definition) is 2. The number of anilines is 2. The summed E-state index contributed by atoms with van der Waals surface area (Å²) in [6.45, 7) is 36.4. The lowest BCUT2D eigenvalue weighted by molar-refractivity contribution is 0.613. The molecule has 36 heavy (non-hydrogen) atoms. The molecule has 0 aliphatic carbocycles. The Kier molecular flexibility index (Phi) is 7.07. The summed E-state index contributed by atoms with van der Waals surface area (Å²) in [6, 6.07) is 13.1. The number of hydrogen-bond acceptors (Lipinski definition) is 2. The lowest BCUT2D eigenvalue weighted by Crippen LogP contribution is -2.67. The smallest absolute Gasteiger partial charge is 0.196 e. The average Bonchev–Trinajstić information content (AvgIpc) is 3.07. The van der Waals surface area contributed by atoms with Gasteiger partial charge in [0.1, 0.15) is 0 Å². The van der Waals surface area contributed by atoms with Crippen LogP contribution in [-0.2, 0) is 6.04 Å². The third-order valence-electron chi connectivity index (χ3n) is 9.25. The van der Waals surface area contributed by atoms with Crippen molar-refractivity contribution < 1.29 is 0 Å². The Morgan fingerprint density at radius 3 is 1.61 bits per heavy atom. The zero-order valence-corrected chi connectivity index (χ0v) is 28.1. The minimum Gasteiger partial charge on any atom is -0.409 e. The van der Waals surface area contributed by atoms with E-state index in [1.54, 1.807) is 10.8 Å². The molecule has 2 N–H and O–H groups in total. The second kappa shape index (κ2) is 8.76. The molecule has 1 aliphatic rings. The Balaban J connectivity index is 2.32. The number of benzene rings is 2. The molecular weight excluding hydrogens is 469 g/mol. The normalized spacial score (nSPS) is 16.5. The van der Waals surface area contributed by atoms with E-state index in [9.17, 15) is 0 Å². The molecule has 2 aromatic carbocycles. The van der Waals surface area contributed by atoms with Gasteiger partial charge in [-0.3, -0.25) is 0 Å². The zero-order valence-electron chi connectivity index (χ0n) is 26.1. The van der Waals surface area contributed by atoms with E-state index in [1.807, 2.05) is 0 Å². The van der Waals surface area contributed by atoms with Gasteiger partial charge in [0.05, 0.1) is 0 Å². The van der Waals surface area contributed by atoms with Crippen LogP contribution in [0.3, 0.4) is 0 Å². The lowest BCUT2D eigenvalue weighted by Gasteiger charge is -2.53. The van der Waals surface area contributed by atoms with Crippen LogP contribution in [-0.4, -0.2) is 16.5 Å². The first-order valence-corrected chi connectivity index (χ1v) is 18.1. The van der Waals surface area contributed by atoms with Crippen molar-refractivity contribution in [3.63, 3.8) is 0 Å². The second-order valence-corrected chi connectivity index (χ2v) is 26.4. The number of nitrogens with one attached hydrogen (secondary N) is 2. The fraction of sp³-hybridized carbons (Fsp3) is 0.625. The number of rotatable bonds is 3. The summed E-state index contributed by atoms with van der Waals surface area (Å²) < 4.78 is 0. The minimum absolute atomic E-state index is 0.106. The molecule has 3 rings (SSSR count). The van der Waals surface area contributed by atoms with E-state index in [2.05, 4.69) is 144 Å². The summed E-state index contributed by atoms with van der Waals surface area (Å²) >= 11 is 0. The van der Waals surface area contributed by atoms with Crippen LogP contribution in [0.2, 0.25) is 20.2 Å². The molecule has 4 heteroatoms. The second-order valence-electron chi connectivity index (χ2n) is 15.7. The Labute approximate surface area is 225 Å². The number of aryl methyl sites for hydroxylation is 3. The van der Waals surface area contributed by atoms with Crippen LogP contribution in [0, 0.1) is 20.8 Å². The Hall–Kier alpha value is -1.53. The van der Waals surface area contributed by atoms with E-state index < -0.39 is 16.5 Å². The summed E-state index contributed by atoms with van der Waals surface area (Å²) in [4.78, 5) is 8.61. The molecule has 0 bridgehead atoms. The molecule has 2 nitrogen and oxygen atoms in total. The highest BCUT2D eigenvalue weighted by Crippen LogP contribution is 2.57. The van der Waals surface area contributed by atoms with Crippen LogP contribution < -0.4 is 15.2 Å². The summed E-state index contributed by atoms with van der Waals surface area (Å²) in [7, 11) is -4.25. The zero-order chi connectivity index (χ0) is 27.7. The first kappa shape index (κ1) is 29.0. The van der Waals surface area contributed by atoms with Gasteiger partial charge in [-0.05, 0) is 74.4 Å². The van der Waals surface area contributed by atoms with Gasteiger partial charge in [-0.2, -0.15) is 0 Å². The molecule has 0 atom stereocenters. The minimum atomic E-state index is -2.35. The predicted octanol–water partition coefficient (Wildman–Crippen LogP) is 9.53. The molecule has 0 saturated heterocycles. The van der Waals surface area contributed by atoms with Crippen molar-refractivity contribution in [3.05, 3.63) is 52.6 Å². The van der Waals surface area contributed by atoms with E-state index in [4.69, 9.17) is 0 Å². The van der Waals surface area contributed by atoms with Gasteiger partial charge < -0.3 is 9.96 Å². The average molecular weight is 523 g/mol. The Bertz CT molecular complexity index is 1090. The van der Waals surface area contributed by atoms with Crippen LogP contribution in [0.4, 0.5) is 11.4 Å². The molecule has 200 valence electrons. The SMILES string of the molecule is Cc1cccc(C)c1N[Si](c1cc(C)c2c(c1)C[Si](C(C)(C)C)(C(C)(C)C)N2)(C(C)(C)C)C(C)(C)C. The van der Waals surface area contributed by atoms with Gasteiger partial charge in [-0.1, -0.05) is 113 Å². The predicted molar refractivity (Wildman–Crippen MR) is 168 cm³/mol. The standard InChI is InChI=1S/C32H54N2Si2/c1-22-17-16-18-23(2)27(22)34-36(31(10,11)12,32(13,14)15)26-19-24(3)28-25(20-26)21-35(33-28,29(4,5)6)30(7,8)9/h16-20,33-34H,21H2,1-15H3. The molecule has 0 amide bonds. The molecule has 0 spiro atoms. The molecule has 2 aromatic rings. The van der Waals surface area contributed by atoms with Crippen molar-refractivity contribution in [2.24, 2.45) is 0 Å². The van der Waals surface area contributed by atoms with Gasteiger partial charge in [-0.25, -0.2) is 0 Å². The van der Waals surface area contributed by atoms with Crippen LogP contribution in [0.25, 0.3) is 0 Å². The van der Waals surface area contributed by atoms with Gasteiger partial charge in [0, 0.05) is 11.4 Å². The topological polar surface area (TPSA) is 24.1 Å². The molecular formula is C32H54N2Si2. The van der Waals surface area contributed by atoms with Crippen LogP contribution in [0.5, 0.6) is 0 Å². The van der Waals surface area contributed by atoms with Crippen LogP contribution in [0.1, 0.15) is 105 Å². The maximum absolute atomic E-state index is 4.35. The first-order chi connectivity index (χ1) is 16.1. The van der Waals surface area contributed by atoms with E-state index in [-0.39, 0.29) is 20.2 Å². The fourth-order valence-electron chi connectivity index (χ4n) is 7.61. The van der Waals surface area contributed by atoms with Crippen molar-refractivity contribution >= 4 is 33.0 Å². The summed E-state index contributed by atoms with van der Waals surface area (Å²) in [6.07, 6.45) is 0. The van der Waals surface area contributed by atoms with Crippen molar-refractivity contribution in [2.45, 2.75) is 130 Å². The lowest BCUT2D eigenvalue weighted by atomic mass is 10.1. The van der Waals surface area contributed by atoms with Crippen LogP contribution >= 0.6 is 0 Å². The maximum atomic E-state index is 4.35. The molecule has 1 aliphatic heterocycles. The van der Waals surface area contributed by atoms with Gasteiger partial charge in [0.25, 0.3) is 0 Å². The largest absolute Gasteiger partial charge is 0.409 e. The summed E-state index contributed by atoms with van der Waals surface area (Å²) in [5, 5.41) is 2.28. The molecule has 0 aromatic heterocycles. The van der Waals surface area contributed by atoms with E-state index in [0.717, 1.165) is 0 Å². The first-order valence-electron chi connectivity index (χ1n) is 13.9. The molecule has 0 unspecified atom stereocenters.